The highest BCUT2D eigenvalue weighted by Gasteiger charge is 2.13. The molecule has 3 rings (SSSR count). The van der Waals surface area contributed by atoms with Gasteiger partial charge >= 0.3 is 0 Å². The fourth-order valence-electron chi connectivity index (χ4n) is 3.06. The summed E-state index contributed by atoms with van der Waals surface area (Å²) in [5.74, 6) is -0.306. The quantitative estimate of drug-likeness (QED) is 0.676. The van der Waals surface area contributed by atoms with Crippen molar-refractivity contribution < 1.29 is 13.2 Å². The Bertz CT molecular complexity index is 1060. The van der Waals surface area contributed by atoms with Crippen molar-refractivity contribution in [3.05, 3.63) is 95.6 Å². The number of carbonyl (C=O) groups is 1. The van der Waals surface area contributed by atoms with Crippen molar-refractivity contribution >= 4 is 15.7 Å². The van der Waals surface area contributed by atoms with Gasteiger partial charge in [-0.25, -0.2) is 8.42 Å². The molecule has 3 aromatic carbocycles. The van der Waals surface area contributed by atoms with E-state index in [2.05, 4.69) is 17.4 Å². The van der Waals surface area contributed by atoms with Crippen molar-refractivity contribution in [2.75, 3.05) is 6.26 Å². The zero-order valence-corrected chi connectivity index (χ0v) is 16.7. The number of benzene rings is 3. The predicted molar refractivity (Wildman–Crippen MR) is 113 cm³/mol. The average molecular weight is 394 g/mol. The van der Waals surface area contributed by atoms with Crippen LogP contribution in [0, 0.1) is 0 Å². The molecule has 0 bridgehead atoms. The van der Waals surface area contributed by atoms with Crippen LogP contribution in [0.25, 0.3) is 11.1 Å². The van der Waals surface area contributed by atoms with Crippen LogP contribution >= 0.6 is 0 Å². The third-order valence-electron chi connectivity index (χ3n) is 4.48. The van der Waals surface area contributed by atoms with E-state index in [1.165, 1.54) is 6.26 Å². The van der Waals surface area contributed by atoms with Gasteiger partial charge in [-0.1, -0.05) is 66.7 Å². The highest BCUT2D eigenvalue weighted by atomic mass is 32.2. The molecular weight excluding hydrogens is 370 g/mol. The molecule has 1 atom stereocenters. The van der Waals surface area contributed by atoms with Crippen molar-refractivity contribution in [1.29, 1.82) is 0 Å². The molecule has 4 nitrogen and oxygen atoms in total. The van der Waals surface area contributed by atoms with E-state index in [0.717, 1.165) is 16.7 Å². The van der Waals surface area contributed by atoms with Gasteiger partial charge in [-0.3, -0.25) is 4.79 Å². The Kier molecular flexibility index (Phi) is 5.95. The Morgan fingerprint density at radius 3 is 2.18 bits per heavy atom. The van der Waals surface area contributed by atoms with Crippen molar-refractivity contribution in [1.82, 2.24) is 5.32 Å². The van der Waals surface area contributed by atoms with E-state index in [9.17, 15) is 13.2 Å². The zero-order chi connectivity index (χ0) is 20.1. The molecule has 0 saturated heterocycles. The Hall–Kier alpha value is -2.92. The number of nitrogens with one attached hydrogen (secondary N) is 1. The molecule has 1 N–H and O–H groups in total. The summed E-state index contributed by atoms with van der Waals surface area (Å²) in [6, 6.07) is 24.8. The maximum absolute atomic E-state index is 12.6. The lowest BCUT2D eigenvalue weighted by molar-refractivity contribution is 0.0939. The van der Waals surface area contributed by atoms with E-state index < -0.39 is 9.84 Å². The number of hydrogen-bond acceptors (Lipinski definition) is 3. The van der Waals surface area contributed by atoms with Crippen LogP contribution in [0.2, 0.25) is 0 Å². The molecule has 1 amide bonds. The monoisotopic (exact) mass is 393 g/mol. The van der Waals surface area contributed by atoms with Gasteiger partial charge in [0.2, 0.25) is 0 Å². The molecule has 144 valence electrons. The van der Waals surface area contributed by atoms with Crippen LogP contribution in [0.3, 0.4) is 0 Å². The number of sulfone groups is 1. The zero-order valence-electron chi connectivity index (χ0n) is 15.9. The van der Waals surface area contributed by atoms with Crippen LogP contribution in [0.5, 0.6) is 0 Å². The van der Waals surface area contributed by atoms with Crippen molar-refractivity contribution in [2.45, 2.75) is 18.7 Å². The van der Waals surface area contributed by atoms with E-state index in [0.29, 0.717) is 11.1 Å². The van der Waals surface area contributed by atoms with E-state index in [4.69, 9.17) is 0 Å². The molecular formula is C23H23NO3S. The minimum atomic E-state index is -3.14. The van der Waals surface area contributed by atoms with Gasteiger partial charge < -0.3 is 5.32 Å². The van der Waals surface area contributed by atoms with Gasteiger partial charge in [-0.2, -0.15) is 0 Å². The first-order valence-corrected chi connectivity index (χ1v) is 11.1. The average Bonchev–Trinajstić information content (AvgIpc) is 2.67. The Morgan fingerprint density at radius 2 is 1.54 bits per heavy atom. The molecule has 0 aromatic heterocycles. The smallest absolute Gasteiger partial charge is 0.251 e. The third-order valence-corrected chi connectivity index (χ3v) is 5.34. The number of hydrogen-bond donors (Lipinski definition) is 1. The third kappa shape index (κ3) is 5.30. The van der Waals surface area contributed by atoms with Gasteiger partial charge in [0.05, 0.1) is 11.8 Å². The minimum Gasteiger partial charge on any atom is -0.346 e. The van der Waals surface area contributed by atoms with E-state index >= 15 is 0 Å². The standard InChI is InChI=1S/C23H23NO3S/c1-17(19-11-13-21(14-12-19)20-8-4-3-5-9-20)24-23(25)22-10-6-7-18(15-22)16-28(2,26)27/h3-15,17H,16H2,1-2H3,(H,24,25). The second-order valence-electron chi connectivity index (χ2n) is 6.95. The van der Waals surface area contributed by atoms with Crippen LogP contribution in [0.4, 0.5) is 0 Å². The molecule has 0 saturated carbocycles. The summed E-state index contributed by atoms with van der Waals surface area (Å²) in [7, 11) is -3.14. The van der Waals surface area contributed by atoms with Crippen LogP contribution in [0.15, 0.2) is 78.9 Å². The maximum Gasteiger partial charge on any atom is 0.251 e. The molecule has 1 unspecified atom stereocenters. The second-order valence-corrected chi connectivity index (χ2v) is 9.09. The molecule has 0 heterocycles. The van der Waals surface area contributed by atoms with E-state index in [1.54, 1.807) is 24.3 Å². The van der Waals surface area contributed by atoms with Crippen LogP contribution in [0.1, 0.15) is 34.5 Å². The number of rotatable bonds is 6. The predicted octanol–water partition coefficient (Wildman–Crippen LogP) is 4.39. The fraction of sp³-hybridized carbons (Fsp3) is 0.174. The lowest BCUT2D eigenvalue weighted by Crippen LogP contribution is -2.26. The highest BCUT2D eigenvalue weighted by molar-refractivity contribution is 7.89. The molecule has 5 heteroatoms. The second kappa shape index (κ2) is 8.40. The minimum absolute atomic E-state index is 0.0787. The number of amides is 1. The number of carbonyl (C=O) groups excluding carboxylic acids is 1. The topological polar surface area (TPSA) is 63.2 Å². The maximum atomic E-state index is 12.6. The highest BCUT2D eigenvalue weighted by Crippen LogP contribution is 2.22. The molecule has 28 heavy (non-hydrogen) atoms. The van der Waals surface area contributed by atoms with Crippen molar-refractivity contribution in [3.8, 4) is 11.1 Å². The van der Waals surface area contributed by atoms with E-state index in [-0.39, 0.29) is 17.7 Å². The normalized spacial score (nSPS) is 12.4. The van der Waals surface area contributed by atoms with Crippen molar-refractivity contribution in [2.24, 2.45) is 0 Å². The lowest BCUT2D eigenvalue weighted by atomic mass is 10.0. The summed E-state index contributed by atoms with van der Waals surface area (Å²) in [5.41, 5.74) is 4.33. The largest absolute Gasteiger partial charge is 0.346 e. The van der Waals surface area contributed by atoms with Gasteiger partial charge in [-0.05, 0) is 41.3 Å². The van der Waals surface area contributed by atoms with Crippen molar-refractivity contribution in [3.63, 3.8) is 0 Å². The van der Waals surface area contributed by atoms with Gasteiger partial charge in [0.1, 0.15) is 0 Å². The van der Waals surface area contributed by atoms with Gasteiger partial charge in [0.15, 0.2) is 9.84 Å². The molecule has 0 aliphatic carbocycles. The first-order chi connectivity index (χ1) is 13.3. The molecule has 0 aliphatic rings. The van der Waals surface area contributed by atoms with Crippen LogP contribution in [-0.4, -0.2) is 20.6 Å². The molecule has 3 aromatic rings. The summed E-state index contributed by atoms with van der Waals surface area (Å²) < 4.78 is 22.9. The Labute approximate surface area is 166 Å². The lowest BCUT2D eigenvalue weighted by Gasteiger charge is -2.15. The summed E-state index contributed by atoms with van der Waals surface area (Å²) in [4.78, 5) is 12.6. The fourth-order valence-corrected chi connectivity index (χ4v) is 3.85. The van der Waals surface area contributed by atoms with E-state index in [1.807, 2.05) is 49.4 Å². The van der Waals surface area contributed by atoms with Gasteiger partial charge in [0.25, 0.3) is 5.91 Å². The van der Waals surface area contributed by atoms with Crippen LogP contribution < -0.4 is 5.32 Å². The molecule has 0 radical (unpaired) electrons. The van der Waals surface area contributed by atoms with Gasteiger partial charge in [-0.15, -0.1) is 0 Å². The summed E-state index contributed by atoms with van der Waals surface area (Å²) in [5, 5.41) is 2.97. The summed E-state index contributed by atoms with van der Waals surface area (Å²) in [6.07, 6.45) is 1.18. The summed E-state index contributed by atoms with van der Waals surface area (Å²) >= 11 is 0. The first-order valence-electron chi connectivity index (χ1n) is 9.05. The Balaban J connectivity index is 1.70. The molecule has 0 aliphatic heterocycles. The SMILES string of the molecule is CC(NC(=O)c1cccc(CS(C)(=O)=O)c1)c1ccc(-c2ccccc2)cc1. The molecule has 0 fully saturated rings. The van der Waals surface area contributed by atoms with Gasteiger partial charge in [0, 0.05) is 11.8 Å². The summed E-state index contributed by atoms with van der Waals surface area (Å²) in [6.45, 7) is 1.93. The molecule has 0 spiro atoms. The first kappa shape index (κ1) is 19.8. The van der Waals surface area contributed by atoms with Crippen LogP contribution in [-0.2, 0) is 15.6 Å². The Morgan fingerprint density at radius 1 is 0.893 bits per heavy atom.